The standard InChI is InChI=1S/C13H18O/c1-5-7-12-9-6-8-11(4)13(12)14-10(2)3/h5-10H,1-4H3/b7-5+. The second-order valence-corrected chi connectivity index (χ2v) is 3.66. The number of ether oxygens (including phenoxy) is 1. The van der Waals surface area contributed by atoms with E-state index in [9.17, 15) is 0 Å². The summed E-state index contributed by atoms with van der Waals surface area (Å²) in [5.74, 6) is 1.00. The Kier molecular flexibility index (Phi) is 3.75. The Bertz CT molecular complexity index is 324. The Hall–Kier alpha value is -1.24. The zero-order valence-corrected chi connectivity index (χ0v) is 9.37. The molecule has 0 fully saturated rings. The van der Waals surface area contributed by atoms with E-state index in [4.69, 9.17) is 4.74 Å². The fraction of sp³-hybridized carbons (Fsp3) is 0.385. The zero-order valence-electron chi connectivity index (χ0n) is 9.37. The maximum atomic E-state index is 5.78. The molecule has 0 heterocycles. The van der Waals surface area contributed by atoms with Gasteiger partial charge in [-0.25, -0.2) is 0 Å². The van der Waals surface area contributed by atoms with Crippen molar-refractivity contribution < 1.29 is 4.74 Å². The van der Waals surface area contributed by atoms with Crippen molar-refractivity contribution in [3.63, 3.8) is 0 Å². The SMILES string of the molecule is C/C=C/c1cccc(C)c1OC(C)C. The quantitative estimate of drug-likeness (QED) is 0.704. The largest absolute Gasteiger partial charge is 0.490 e. The highest BCUT2D eigenvalue weighted by Gasteiger charge is 2.05. The highest BCUT2D eigenvalue weighted by molar-refractivity contribution is 5.59. The van der Waals surface area contributed by atoms with Crippen LogP contribution in [-0.2, 0) is 0 Å². The van der Waals surface area contributed by atoms with Crippen LogP contribution in [0.1, 0.15) is 31.9 Å². The predicted octanol–water partition coefficient (Wildman–Crippen LogP) is 3.82. The summed E-state index contributed by atoms with van der Waals surface area (Å²) >= 11 is 0. The van der Waals surface area contributed by atoms with E-state index in [1.165, 1.54) is 5.56 Å². The molecule has 0 amide bonds. The molecule has 76 valence electrons. The van der Waals surface area contributed by atoms with Gasteiger partial charge in [0.2, 0.25) is 0 Å². The lowest BCUT2D eigenvalue weighted by atomic mass is 10.1. The molecule has 1 aromatic rings. The molecule has 0 atom stereocenters. The first-order valence-corrected chi connectivity index (χ1v) is 5.04. The number of benzene rings is 1. The van der Waals surface area contributed by atoms with Gasteiger partial charge in [0.25, 0.3) is 0 Å². The van der Waals surface area contributed by atoms with E-state index >= 15 is 0 Å². The normalized spacial score (nSPS) is 11.2. The second-order valence-electron chi connectivity index (χ2n) is 3.66. The van der Waals surface area contributed by atoms with Crippen molar-refractivity contribution in [2.45, 2.75) is 33.8 Å². The van der Waals surface area contributed by atoms with Gasteiger partial charge in [0, 0.05) is 5.56 Å². The van der Waals surface area contributed by atoms with Gasteiger partial charge in [0.1, 0.15) is 5.75 Å². The van der Waals surface area contributed by atoms with Crippen LogP contribution in [0, 0.1) is 6.92 Å². The van der Waals surface area contributed by atoms with E-state index in [2.05, 4.69) is 31.2 Å². The third-order valence-electron chi connectivity index (χ3n) is 1.94. The molecule has 0 unspecified atom stereocenters. The van der Waals surface area contributed by atoms with Gasteiger partial charge in [0.05, 0.1) is 6.10 Å². The van der Waals surface area contributed by atoms with Gasteiger partial charge in [-0.05, 0) is 33.3 Å². The third kappa shape index (κ3) is 2.63. The summed E-state index contributed by atoms with van der Waals surface area (Å²) in [6.45, 7) is 8.18. The molecule has 0 N–H and O–H groups in total. The second kappa shape index (κ2) is 4.85. The Balaban J connectivity index is 3.08. The Morgan fingerprint density at radius 1 is 1.29 bits per heavy atom. The molecule has 0 bridgehead atoms. The molecule has 0 aliphatic carbocycles. The summed E-state index contributed by atoms with van der Waals surface area (Å²) in [5.41, 5.74) is 2.34. The van der Waals surface area contributed by atoms with E-state index < -0.39 is 0 Å². The molecular weight excluding hydrogens is 172 g/mol. The van der Waals surface area contributed by atoms with Crippen LogP contribution in [0.3, 0.4) is 0 Å². The van der Waals surface area contributed by atoms with Crippen LogP contribution in [0.4, 0.5) is 0 Å². The fourth-order valence-corrected chi connectivity index (χ4v) is 1.38. The van der Waals surface area contributed by atoms with Crippen LogP contribution in [-0.4, -0.2) is 6.10 Å². The van der Waals surface area contributed by atoms with Crippen molar-refractivity contribution in [3.05, 3.63) is 35.4 Å². The van der Waals surface area contributed by atoms with Gasteiger partial charge >= 0.3 is 0 Å². The van der Waals surface area contributed by atoms with Crippen molar-refractivity contribution >= 4 is 6.08 Å². The van der Waals surface area contributed by atoms with Crippen LogP contribution in [0.15, 0.2) is 24.3 Å². The van der Waals surface area contributed by atoms with E-state index in [-0.39, 0.29) is 6.10 Å². The Morgan fingerprint density at radius 3 is 2.57 bits per heavy atom. The number of hydrogen-bond acceptors (Lipinski definition) is 1. The summed E-state index contributed by atoms with van der Waals surface area (Å²) in [4.78, 5) is 0. The maximum Gasteiger partial charge on any atom is 0.129 e. The average Bonchev–Trinajstić information content (AvgIpc) is 2.11. The molecule has 1 rings (SSSR count). The van der Waals surface area contributed by atoms with Crippen LogP contribution in [0.5, 0.6) is 5.75 Å². The van der Waals surface area contributed by atoms with Crippen molar-refractivity contribution in [3.8, 4) is 5.75 Å². The summed E-state index contributed by atoms with van der Waals surface area (Å²) in [5, 5.41) is 0. The molecule has 1 aromatic carbocycles. The molecular formula is C13H18O. The summed E-state index contributed by atoms with van der Waals surface area (Å²) in [6.07, 6.45) is 4.33. The molecule has 1 nitrogen and oxygen atoms in total. The van der Waals surface area contributed by atoms with Crippen molar-refractivity contribution in [2.75, 3.05) is 0 Å². The van der Waals surface area contributed by atoms with E-state index in [1.54, 1.807) is 0 Å². The van der Waals surface area contributed by atoms with Gasteiger partial charge < -0.3 is 4.74 Å². The smallest absolute Gasteiger partial charge is 0.129 e. The highest BCUT2D eigenvalue weighted by Crippen LogP contribution is 2.25. The maximum absolute atomic E-state index is 5.78. The minimum absolute atomic E-state index is 0.222. The van der Waals surface area contributed by atoms with Crippen LogP contribution in [0.2, 0.25) is 0 Å². The third-order valence-corrected chi connectivity index (χ3v) is 1.94. The topological polar surface area (TPSA) is 9.23 Å². The van der Waals surface area contributed by atoms with Gasteiger partial charge in [-0.2, -0.15) is 0 Å². The molecule has 0 saturated carbocycles. The first-order valence-electron chi connectivity index (χ1n) is 5.04. The monoisotopic (exact) mass is 190 g/mol. The average molecular weight is 190 g/mol. The van der Waals surface area contributed by atoms with Crippen LogP contribution < -0.4 is 4.74 Å². The van der Waals surface area contributed by atoms with Crippen molar-refractivity contribution in [2.24, 2.45) is 0 Å². The molecule has 0 radical (unpaired) electrons. The van der Waals surface area contributed by atoms with Crippen LogP contribution in [0.25, 0.3) is 6.08 Å². The fourth-order valence-electron chi connectivity index (χ4n) is 1.38. The van der Waals surface area contributed by atoms with Crippen LogP contribution >= 0.6 is 0 Å². The number of allylic oxidation sites excluding steroid dienone is 1. The van der Waals surface area contributed by atoms with E-state index in [1.807, 2.05) is 26.8 Å². The Morgan fingerprint density at radius 2 is 2.00 bits per heavy atom. The minimum Gasteiger partial charge on any atom is -0.490 e. The summed E-state index contributed by atoms with van der Waals surface area (Å²) < 4.78 is 5.78. The molecule has 0 aliphatic rings. The number of hydrogen-bond donors (Lipinski definition) is 0. The molecule has 0 aromatic heterocycles. The lowest BCUT2D eigenvalue weighted by molar-refractivity contribution is 0.240. The molecule has 1 heteroatoms. The van der Waals surface area contributed by atoms with Crippen molar-refractivity contribution in [1.29, 1.82) is 0 Å². The predicted molar refractivity (Wildman–Crippen MR) is 61.7 cm³/mol. The van der Waals surface area contributed by atoms with E-state index in [0.717, 1.165) is 11.3 Å². The minimum atomic E-state index is 0.222. The number of para-hydroxylation sites is 1. The lowest BCUT2D eigenvalue weighted by Crippen LogP contribution is -2.07. The molecule has 14 heavy (non-hydrogen) atoms. The summed E-state index contributed by atoms with van der Waals surface area (Å²) in [6, 6.07) is 6.20. The Labute approximate surface area is 86.4 Å². The van der Waals surface area contributed by atoms with E-state index in [0.29, 0.717) is 0 Å². The molecule has 0 spiro atoms. The lowest BCUT2D eigenvalue weighted by Gasteiger charge is -2.14. The highest BCUT2D eigenvalue weighted by atomic mass is 16.5. The van der Waals surface area contributed by atoms with Gasteiger partial charge in [-0.15, -0.1) is 0 Å². The zero-order chi connectivity index (χ0) is 10.6. The molecule has 0 aliphatic heterocycles. The van der Waals surface area contributed by atoms with Gasteiger partial charge in [0.15, 0.2) is 0 Å². The number of aryl methyl sites for hydroxylation is 1. The molecule has 0 saturated heterocycles. The van der Waals surface area contributed by atoms with Gasteiger partial charge in [-0.1, -0.05) is 30.4 Å². The first kappa shape index (κ1) is 10.8. The first-order chi connectivity index (χ1) is 6.65. The van der Waals surface area contributed by atoms with Crippen molar-refractivity contribution in [1.82, 2.24) is 0 Å². The van der Waals surface area contributed by atoms with Gasteiger partial charge in [-0.3, -0.25) is 0 Å². The number of rotatable bonds is 3. The summed E-state index contributed by atoms with van der Waals surface area (Å²) in [7, 11) is 0.